The minimum atomic E-state index is -0.493. The number of amides is 2. The Hall–Kier alpha value is -4.30. The first-order valence-electron chi connectivity index (χ1n) is 10.8. The van der Waals surface area contributed by atoms with Crippen LogP contribution in [0.1, 0.15) is 26.3 Å². The lowest BCUT2D eigenvalue weighted by Crippen LogP contribution is -2.20. The maximum absolute atomic E-state index is 13.2. The third-order valence-electron chi connectivity index (χ3n) is 5.11. The maximum Gasteiger partial charge on any atom is 0.259 e. The van der Waals surface area contributed by atoms with Crippen LogP contribution in [0.4, 0.5) is 17.2 Å². The summed E-state index contributed by atoms with van der Waals surface area (Å²) in [4.78, 5) is 30.8. The number of anilines is 3. The lowest BCUT2D eigenvalue weighted by molar-refractivity contribution is 0.102. The zero-order valence-electron chi connectivity index (χ0n) is 19.0. The number of aromatic nitrogens is 1. The number of carbonyl (C=O) groups excluding carboxylic acids is 2. The molecule has 3 aromatic carbocycles. The molecule has 176 valence electrons. The zero-order valence-corrected chi connectivity index (χ0v) is 19.8. The van der Waals surface area contributed by atoms with Crippen molar-refractivity contribution in [3.8, 4) is 5.75 Å². The topological polar surface area (TPSA) is 106 Å². The molecule has 0 aliphatic rings. The molecule has 0 spiro atoms. The summed E-state index contributed by atoms with van der Waals surface area (Å²) in [5.41, 5.74) is 8.73. The van der Waals surface area contributed by atoms with Crippen molar-refractivity contribution < 1.29 is 14.3 Å². The molecule has 0 saturated heterocycles. The third kappa shape index (κ3) is 5.99. The van der Waals surface area contributed by atoms with E-state index in [9.17, 15) is 9.59 Å². The first-order chi connectivity index (χ1) is 17.0. The van der Waals surface area contributed by atoms with Gasteiger partial charge in [-0.25, -0.2) is 4.98 Å². The van der Waals surface area contributed by atoms with Gasteiger partial charge in [0.05, 0.1) is 23.9 Å². The second-order valence-corrected chi connectivity index (χ2v) is 8.49. The first kappa shape index (κ1) is 23.8. The van der Waals surface area contributed by atoms with Gasteiger partial charge in [0.2, 0.25) is 0 Å². The van der Waals surface area contributed by atoms with Crippen LogP contribution in [-0.4, -0.2) is 23.9 Å². The number of carbonyl (C=O) groups is 2. The minimum absolute atomic E-state index is 0.0317. The van der Waals surface area contributed by atoms with Gasteiger partial charge in [-0.2, -0.15) is 0 Å². The number of rotatable bonds is 8. The van der Waals surface area contributed by atoms with E-state index in [1.807, 2.05) is 48.5 Å². The van der Waals surface area contributed by atoms with Crippen LogP contribution < -0.4 is 21.1 Å². The van der Waals surface area contributed by atoms with E-state index < -0.39 is 5.91 Å². The molecular formula is C27H24N4O3S. The van der Waals surface area contributed by atoms with Crippen molar-refractivity contribution in [3.05, 3.63) is 108 Å². The lowest BCUT2D eigenvalue weighted by atomic mass is 10.1. The van der Waals surface area contributed by atoms with Gasteiger partial charge >= 0.3 is 0 Å². The third-order valence-corrected chi connectivity index (χ3v) is 6.17. The monoisotopic (exact) mass is 484 g/mol. The number of nitrogens with one attached hydrogen (secondary N) is 2. The van der Waals surface area contributed by atoms with Crippen molar-refractivity contribution in [1.82, 2.24) is 4.98 Å². The van der Waals surface area contributed by atoms with Crippen molar-refractivity contribution in [1.29, 1.82) is 0 Å². The van der Waals surface area contributed by atoms with Crippen molar-refractivity contribution >= 4 is 40.8 Å². The van der Waals surface area contributed by atoms with Gasteiger partial charge in [-0.3, -0.25) is 9.59 Å². The molecule has 0 unspecified atom stereocenters. The molecule has 0 aliphatic carbocycles. The quantitative estimate of drug-likeness (QED) is 0.286. The summed E-state index contributed by atoms with van der Waals surface area (Å²) in [6, 6.07) is 27.4. The van der Waals surface area contributed by atoms with Gasteiger partial charge in [-0.15, -0.1) is 11.8 Å². The lowest BCUT2D eigenvalue weighted by Gasteiger charge is -2.14. The summed E-state index contributed by atoms with van der Waals surface area (Å²) in [6.07, 6.45) is 0. The van der Waals surface area contributed by atoms with Gasteiger partial charge in [0, 0.05) is 11.4 Å². The molecule has 4 aromatic rings. The van der Waals surface area contributed by atoms with E-state index in [1.54, 1.807) is 36.4 Å². The Morgan fingerprint density at radius 1 is 0.857 bits per heavy atom. The van der Waals surface area contributed by atoms with Gasteiger partial charge in [-0.1, -0.05) is 60.7 Å². The highest BCUT2D eigenvalue weighted by atomic mass is 32.2. The fourth-order valence-corrected chi connectivity index (χ4v) is 4.31. The molecule has 8 heteroatoms. The smallest absolute Gasteiger partial charge is 0.259 e. The summed E-state index contributed by atoms with van der Waals surface area (Å²) in [7, 11) is 1.52. The minimum Gasteiger partial charge on any atom is -0.495 e. The van der Waals surface area contributed by atoms with Gasteiger partial charge in [-0.05, 0) is 35.9 Å². The molecule has 0 atom stereocenters. The molecule has 0 saturated carbocycles. The maximum atomic E-state index is 13.2. The highest BCUT2D eigenvalue weighted by Crippen LogP contribution is 2.30. The van der Waals surface area contributed by atoms with Gasteiger partial charge in [0.1, 0.15) is 16.6 Å². The summed E-state index contributed by atoms with van der Waals surface area (Å²) < 4.78 is 5.30. The highest BCUT2D eigenvalue weighted by molar-refractivity contribution is 7.98. The molecule has 1 heterocycles. The molecular weight excluding hydrogens is 460 g/mol. The molecule has 0 radical (unpaired) electrons. The van der Waals surface area contributed by atoms with Crippen LogP contribution in [0.2, 0.25) is 0 Å². The van der Waals surface area contributed by atoms with Crippen molar-refractivity contribution in [2.45, 2.75) is 10.8 Å². The SMILES string of the molecule is COc1ccccc1NC(=O)c1cc(C(=O)Nc2ccccc2)c(SCc2ccccc2)nc1N. The first-order valence-corrected chi connectivity index (χ1v) is 11.8. The number of methoxy groups -OCH3 is 1. The number of nitrogens with two attached hydrogens (primary N) is 1. The second-order valence-electron chi connectivity index (χ2n) is 7.52. The molecule has 0 aliphatic heterocycles. The van der Waals surface area contributed by atoms with Crippen LogP contribution in [-0.2, 0) is 5.75 Å². The molecule has 1 aromatic heterocycles. The molecule has 4 rings (SSSR count). The number of para-hydroxylation sites is 3. The van der Waals surface area contributed by atoms with E-state index in [4.69, 9.17) is 10.5 Å². The summed E-state index contributed by atoms with van der Waals surface area (Å²) in [5.74, 6) is 0.248. The Labute approximate surface area is 207 Å². The van der Waals surface area contributed by atoms with Gasteiger partial charge in [0.15, 0.2) is 0 Å². The van der Waals surface area contributed by atoms with E-state index in [1.165, 1.54) is 24.9 Å². The van der Waals surface area contributed by atoms with Gasteiger partial charge in [0.25, 0.3) is 11.8 Å². The van der Waals surface area contributed by atoms with Crippen LogP contribution in [0.3, 0.4) is 0 Å². The summed E-state index contributed by atoms with van der Waals surface area (Å²) in [5, 5.41) is 6.09. The number of nitrogen functional groups attached to an aromatic ring is 1. The highest BCUT2D eigenvalue weighted by Gasteiger charge is 2.21. The Morgan fingerprint density at radius 3 is 2.20 bits per heavy atom. The van der Waals surface area contributed by atoms with Gasteiger partial charge < -0.3 is 21.1 Å². The molecule has 2 amide bonds. The van der Waals surface area contributed by atoms with Crippen molar-refractivity contribution in [2.24, 2.45) is 0 Å². The number of benzene rings is 3. The van der Waals surface area contributed by atoms with E-state index in [0.29, 0.717) is 27.9 Å². The fraction of sp³-hybridized carbons (Fsp3) is 0.0741. The summed E-state index contributed by atoms with van der Waals surface area (Å²) >= 11 is 1.38. The summed E-state index contributed by atoms with van der Waals surface area (Å²) in [6.45, 7) is 0. The normalized spacial score (nSPS) is 10.4. The van der Waals surface area contributed by atoms with Crippen LogP contribution in [0.25, 0.3) is 0 Å². The Morgan fingerprint density at radius 2 is 1.49 bits per heavy atom. The van der Waals surface area contributed by atoms with Crippen LogP contribution in [0.15, 0.2) is 96.0 Å². The zero-order chi connectivity index (χ0) is 24.6. The van der Waals surface area contributed by atoms with Crippen molar-refractivity contribution in [2.75, 3.05) is 23.5 Å². The fourth-order valence-electron chi connectivity index (χ4n) is 3.35. The van der Waals surface area contributed by atoms with E-state index in [-0.39, 0.29) is 22.9 Å². The number of pyridine rings is 1. The standard InChI is InChI=1S/C27H24N4O3S/c1-34-23-15-9-8-14-22(23)30-25(32)20-16-21(26(33)29-19-12-6-3-7-13-19)27(31-24(20)28)35-17-18-10-4-2-5-11-18/h2-16H,17H2,1H3,(H2,28,31)(H,29,33)(H,30,32). The van der Waals surface area contributed by atoms with E-state index in [0.717, 1.165) is 5.56 Å². The predicted octanol–water partition coefficient (Wildman–Crippen LogP) is 5.47. The number of hydrogen-bond acceptors (Lipinski definition) is 6. The molecule has 4 N–H and O–H groups in total. The predicted molar refractivity (Wildman–Crippen MR) is 140 cm³/mol. The molecule has 0 bridgehead atoms. The Bertz CT molecular complexity index is 1330. The van der Waals surface area contributed by atoms with Crippen LogP contribution in [0.5, 0.6) is 5.75 Å². The molecule has 0 fully saturated rings. The molecule has 35 heavy (non-hydrogen) atoms. The van der Waals surface area contributed by atoms with Crippen LogP contribution >= 0.6 is 11.8 Å². The average Bonchev–Trinajstić information content (AvgIpc) is 2.89. The largest absolute Gasteiger partial charge is 0.495 e. The number of ether oxygens (including phenoxy) is 1. The number of hydrogen-bond donors (Lipinski definition) is 3. The Kier molecular flexibility index (Phi) is 7.64. The molecule has 7 nitrogen and oxygen atoms in total. The van der Waals surface area contributed by atoms with Crippen molar-refractivity contribution in [3.63, 3.8) is 0 Å². The second kappa shape index (κ2) is 11.2. The Balaban J connectivity index is 1.66. The average molecular weight is 485 g/mol. The number of thioether (sulfide) groups is 1. The van der Waals surface area contributed by atoms with E-state index >= 15 is 0 Å². The van der Waals surface area contributed by atoms with Crippen LogP contribution in [0, 0.1) is 0 Å². The number of nitrogens with zero attached hydrogens (tertiary/aromatic N) is 1. The van der Waals surface area contributed by atoms with E-state index in [2.05, 4.69) is 15.6 Å².